The van der Waals surface area contributed by atoms with Gasteiger partial charge in [0.25, 0.3) is 0 Å². The van der Waals surface area contributed by atoms with Crippen molar-refractivity contribution in [2.24, 2.45) is 17.4 Å². The van der Waals surface area contributed by atoms with Crippen LogP contribution in [0.1, 0.15) is 41.9 Å². The first-order chi connectivity index (χ1) is 15.0. The van der Waals surface area contributed by atoms with Crippen LogP contribution in [0.15, 0.2) is 58.3 Å². The van der Waals surface area contributed by atoms with Crippen molar-refractivity contribution in [2.75, 3.05) is 6.26 Å². The summed E-state index contributed by atoms with van der Waals surface area (Å²) in [6.07, 6.45) is 3.04. The number of hydrogen-bond donors (Lipinski definition) is 2. The molecule has 0 spiro atoms. The molecule has 1 heterocycles. The van der Waals surface area contributed by atoms with Gasteiger partial charge < -0.3 is 11.5 Å². The molecule has 3 nitrogen and oxygen atoms in total. The molecule has 7 heteroatoms. The van der Waals surface area contributed by atoms with Crippen molar-refractivity contribution in [3.8, 4) is 11.1 Å². The Morgan fingerprint density at radius 2 is 1.45 bits per heavy atom. The third-order valence-electron chi connectivity index (χ3n) is 5.42. The smallest absolute Gasteiger partial charge is 0.0460 e. The SMILES string of the molecule is CSc1ccc(SCc2c(C)nc(CC(C)C)c(CN)c2-c2ccc(CN)cc2)cc1.Cl.Cl. The van der Waals surface area contributed by atoms with E-state index in [-0.39, 0.29) is 24.8 Å². The molecular formula is C26H35Cl2N3S2. The molecule has 180 valence electrons. The molecule has 0 saturated heterocycles. The molecule has 0 fully saturated rings. The molecule has 0 aliphatic carbocycles. The van der Waals surface area contributed by atoms with Crippen LogP contribution in [0.3, 0.4) is 0 Å². The number of pyridine rings is 1. The van der Waals surface area contributed by atoms with Crippen LogP contribution in [0, 0.1) is 12.8 Å². The number of aryl methyl sites for hydroxylation is 1. The number of nitrogens with two attached hydrogens (primary N) is 2. The fraction of sp³-hybridized carbons (Fsp3) is 0.346. The summed E-state index contributed by atoms with van der Waals surface area (Å²) in [6.45, 7) is 7.63. The van der Waals surface area contributed by atoms with E-state index in [4.69, 9.17) is 16.5 Å². The summed E-state index contributed by atoms with van der Waals surface area (Å²) in [6, 6.07) is 17.4. The van der Waals surface area contributed by atoms with E-state index in [1.807, 2.05) is 11.8 Å². The summed E-state index contributed by atoms with van der Waals surface area (Å²) in [5, 5.41) is 0. The van der Waals surface area contributed by atoms with Crippen molar-refractivity contribution >= 4 is 48.3 Å². The number of rotatable bonds is 9. The van der Waals surface area contributed by atoms with E-state index in [1.54, 1.807) is 11.8 Å². The second kappa shape index (κ2) is 14.2. The van der Waals surface area contributed by atoms with Gasteiger partial charge >= 0.3 is 0 Å². The predicted molar refractivity (Wildman–Crippen MR) is 151 cm³/mol. The zero-order chi connectivity index (χ0) is 22.4. The maximum atomic E-state index is 6.31. The number of hydrogen-bond acceptors (Lipinski definition) is 5. The van der Waals surface area contributed by atoms with Crippen LogP contribution in [-0.2, 0) is 25.3 Å². The monoisotopic (exact) mass is 523 g/mol. The fourth-order valence-electron chi connectivity index (χ4n) is 3.78. The first-order valence-electron chi connectivity index (χ1n) is 10.7. The minimum Gasteiger partial charge on any atom is -0.326 e. The summed E-state index contributed by atoms with van der Waals surface area (Å²) >= 11 is 3.62. The lowest BCUT2D eigenvalue weighted by Crippen LogP contribution is -2.13. The Morgan fingerprint density at radius 1 is 0.848 bits per heavy atom. The highest BCUT2D eigenvalue weighted by atomic mass is 35.5. The van der Waals surface area contributed by atoms with Crippen molar-refractivity contribution < 1.29 is 0 Å². The molecule has 0 bridgehead atoms. The Kier molecular flexibility index (Phi) is 12.9. The quantitative estimate of drug-likeness (QED) is 0.294. The largest absolute Gasteiger partial charge is 0.326 e. The molecule has 0 aliphatic heterocycles. The maximum Gasteiger partial charge on any atom is 0.0460 e. The number of nitrogens with zero attached hydrogens (tertiary/aromatic N) is 1. The normalized spacial score (nSPS) is 10.6. The van der Waals surface area contributed by atoms with Crippen LogP contribution in [0.2, 0.25) is 0 Å². The Hall–Kier alpha value is -1.21. The highest BCUT2D eigenvalue weighted by molar-refractivity contribution is 7.99. The van der Waals surface area contributed by atoms with Crippen LogP contribution in [0.5, 0.6) is 0 Å². The summed E-state index contributed by atoms with van der Waals surface area (Å²) in [4.78, 5) is 7.58. The van der Waals surface area contributed by atoms with Crippen molar-refractivity contribution in [1.29, 1.82) is 0 Å². The Bertz CT molecular complexity index is 1010. The van der Waals surface area contributed by atoms with Gasteiger partial charge in [-0.3, -0.25) is 4.98 Å². The van der Waals surface area contributed by atoms with E-state index < -0.39 is 0 Å². The molecular weight excluding hydrogens is 489 g/mol. The minimum absolute atomic E-state index is 0. The summed E-state index contributed by atoms with van der Waals surface area (Å²) in [7, 11) is 0. The third kappa shape index (κ3) is 7.64. The molecule has 3 rings (SSSR count). The van der Waals surface area contributed by atoms with E-state index in [1.165, 1.54) is 32.0 Å². The zero-order valence-corrected chi connectivity index (χ0v) is 23.0. The fourth-order valence-corrected chi connectivity index (χ4v) is 5.18. The highest BCUT2D eigenvalue weighted by Crippen LogP contribution is 2.36. The van der Waals surface area contributed by atoms with E-state index in [0.29, 0.717) is 19.0 Å². The lowest BCUT2D eigenvalue weighted by molar-refractivity contribution is 0.628. The predicted octanol–water partition coefficient (Wildman–Crippen LogP) is 7.03. The number of thioether (sulfide) groups is 2. The molecule has 0 unspecified atom stereocenters. The van der Waals surface area contributed by atoms with Gasteiger partial charge in [0.15, 0.2) is 0 Å². The Morgan fingerprint density at radius 3 is 1.97 bits per heavy atom. The molecule has 3 aromatic rings. The standard InChI is InChI=1S/C26H33N3S2.2ClH/c1-17(2)13-25-23(15-28)26(20-7-5-19(14-27)6-8-20)24(18(3)29-25)16-31-22-11-9-21(30-4)10-12-22;;/h5-12,17H,13-16,27-28H2,1-4H3;2*1H. The lowest BCUT2D eigenvalue weighted by atomic mass is 9.90. The van der Waals surface area contributed by atoms with E-state index in [2.05, 4.69) is 75.6 Å². The van der Waals surface area contributed by atoms with Gasteiger partial charge in [0.2, 0.25) is 0 Å². The first-order valence-corrected chi connectivity index (χ1v) is 12.9. The second-order valence-electron chi connectivity index (χ2n) is 8.14. The summed E-state index contributed by atoms with van der Waals surface area (Å²) in [5.74, 6) is 1.39. The van der Waals surface area contributed by atoms with Crippen LogP contribution >= 0.6 is 48.3 Å². The molecule has 33 heavy (non-hydrogen) atoms. The maximum absolute atomic E-state index is 6.31. The van der Waals surface area contributed by atoms with E-state index >= 15 is 0 Å². The van der Waals surface area contributed by atoms with Crippen LogP contribution in [0.4, 0.5) is 0 Å². The van der Waals surface area contributed by atoms with Gasteiger partial charge in [0.05, 0.1) is 0 Å². The molecule has 2 aromatic carbocycles. The van der Waals surface area contributed by atoms with Gasteiger partial charge in [-0.25, -0.2) is 0 Å². The zero-order valence-electron chi connectivity index (χ0n) is 19.8. The number of benzene rings is 2. The number of aromatic nitrogens is 1. The van der Waals surface area contributed by atoms with Crippen LogP contribution in [0.25, 0.3) is 11.1 Å². The first kappa shape index (κ1) is 29.8. The van der Waals surface area contributed by atoms with Crippen molar-refractivity contribution in [2.45, 2.75) is 55.8 Å². The minimum atomic E-state index is 0. The van der Waals surface area contributed by atoms with E-state index in [0.717, 1.165) is 29.1 Å². The molecule has 1 aromatic heterocycles. The topological polar surface area (TPSA) is 64.9 Å². The molecule has 0 amide bonds. The summed E-state index contributed by atoms with van der Waals surface area (Å²) < 4.78 is 0. The second-order valence-corrected chi connectivity index (χ2v) is 10.1. The van der Waals surface area contributed by atoms with Crippen molar-refractivity contribution in [3.05, 3.63) is 76.6 Å². The molecule has 0 aliphatic rings. The molecule has 0 saturated carbocycles. The van der Waals surface area contributed by atoms with Gasteiger partial charge in [-0.15, -0.1) is 48.3 Å². The van der Waals surface area contributed by atoms with Crippen molar-refractivity contribution in [1.82, 2.24) is 4.98 Å². The molecule has 4 N–H and O–H groups in total. The highest BCUT2D eigenvalue weighted by Gasteiger charge is 2.19. The van der Waals surface area contributed by atoms with Gasteiger partial charge in [0, 0.05) is 40.0 Å². The van der Waals surface area contributed by atoms with Gasteiger partial charge in [-0.05, 0) is 77.6 Å². The van der Waals surface area contributed by atoms with Gasteiger partial charge in [-0.1, -0.05) is 38.1 Å². The van der Waals surface area contributed by atoms with Crippen LogP contribution < -0.4 is 11.5 Å². The number of halogens is 2. The summed E-state index contributed by atoms with van der Waals surface area (Å²) in [5.41, 5.74) is 20.4. The molecule has 0 radical (unpaired) electrons. The Balaban J connectivity index is 0.00000272. The van der Waals surface area contributed by atoms with Crippen molar-refractivity contribution in [3.63, 3.8) is 0 Å². The lowest BCUT2D eigenvalue weighted by Gasteiger charge is -2.21. The molecule has 0 atom stereocenters. The average Bonchev–Trinajstić information content (AvgIpc) is 2.78. The van der Waals surface area contributed by atoms with Gasteiger partial charge in [0.1, 0.15) is 0 Å². The Labute approximate surface area is 219 Å². The van der Waals surface area contributed by atoms with Gasteiger partial charge in [-0.2, -0.15) is 0 Å². The van der Waals surface area contributed by atoms with Crippen LogP contribution in [-0.4, -0.2) is 11.2 Å². The average molecular weight is 525 g/mol. The van der Waals surface area contributed by atoms with E-state index in [9.17, 15) is 0 Å². The third-order valence-corrected chi connectivity index (χ3v) is 7.20.